The van der Waals surface area contributed by atoms with Crippen LogP contribution in [0.25, 0.3) is 0 Å². The number of nitrogens with one attached hydrogen (secondary N) is 1. The van der Waals surface area contributed by atoms with Crippen LogP contribution in [0.3, 0.4) is 0 Å². The maximum absolute atomic E-state index is 3.61. The Morgan fingerprint density at radius 2 is 1.58 bits per heavy atom. The molecule has 1 heteroatoms. The van der Waals surface area contributed by atoms with Gasteiger partial charge < -0.3 is 5.32 Å². The van der Waals surface area contributed by atoms with Crippen LogP contribution in [0.1, 0.15) is 58.9 Å². The molecule has 1 saturated carbocycles. The maximum atomic E-state index is 3.61. The highest BCUT2D eigenvalue weighted by atomic mass is 14.9. The molecule has 0 radical (unpaired) electrons. The van der Waals surface area contributed by atoms with E-state index in [9.17, 15) is 0 Å². The highest BCUT2D eigenvalue weighted by Gasteiger charge is 2.18. The zero-order valence-electron chi connectivity index (χ0n) is 13.0. The maximum Gasteiger partial charge on any atom is 0.0340 e. The number of hydrogen-bond donors (Lipinski definition) is 1. The van der Waals surface area contributed by atoms with Crippen LogP contribution >= 0.6 is 0 Å². The number of rotatable bonds is 3. The van der Waals surface area contributed by atoms with Gasteiger partial charge in [-0.05, 0) is 47.8 Å². The van der Waals surface area contributed by atoms with Crippen LogP contribution in [0.4, 0.5) is 5.69 Å². The Hall–Kier alpha value is -0.980. The molecule has 1 aromatic rings. The zero-order chi connectivity index (χ0) is 13.9. The van der Waals surface area contributed by atoms with Gasteiger partial charge in [0.25, 0.3) is 0 Å². The fourth-order valence-corrected chi connectivity index (χ4v) is 2.88. The number of anilines is 1. The fourth-order valence-electron chi connectivity index (χ4n) is 2.88. The van der Waals surface area contributed by atoms with E-state index in [1.54, 1.807) is 0 Å². The summed E-state index contributed by atoms with van der Waals surface area (Å²) in [7, 11) is 0. The van der Waals surface area contributed by atoms with Crippen molar-refractivity contribution >= 4 is 5.69 Å². The molecule has 1 nitrogen and oxygen atoms in total. The molecule has 0 unspecified atom stereocenters. The topological polar surface area (TPSA) is 12.0 Å². The largest absolute Gasteiger partial charge is 0.385 e. The summed E-state index contributed by atoms with van der Waals surface area (Å²) in [6.45, 7) is 10.3. The van der Waals surface area contributed by atoms with E-state index < -0.39 is 0 Å². The molecule has 0 heterocycles. The molecule has 0 saturated heterocycles. The third-order valence-corrected chi connectivity index (χ3v) is 4.48. The number of benzene rings is 1. The van der Waals surface area contributed by atoms with Crippen molar-refractivity contribution in [3.05, 3.63) is 29.8 Å². The molecule has 19 heavy (non-hydrogen) atoms. The molecule has 0 aliphatic heterocycles. The molecule has 1 fully saturated rings. The quantitative estimate of drug-likeness (QED) is 0.784. The van der Waals surface area contributed by atoms with Gasteiger partial charge in [0, 0.05) is 12.2 Å². The van der Waals surface area contributed by atoms with E-state index in [0.717, 1.165) is 18.4 Å². The fraction of sp³-hybridized carbons (Fsp3) is 0.667. The highest BCUT2D eigenvalue weighted by Crippen LogP contribution is 2.29. The van der Waals surface area contributed by atoms with E-state index in [4.69, 9.17) is 0 Å². The van der Waals surface area contributed by atoms with Crippen LogP contribution in [0, 0.1) is 11.8 Å². The summed E-state index contributed by atoms with van der Waals surface area (Å²) in [5, 5.41) is 3.61. The monoisotopic (exact) mass is 259 g/mol. The van der Waals surface area contributed by atoms with Gasteiger partial charge in [-0.3, -0.25) is 0 Å². The first-order valence-electron chi connectivity index (χ1n) is 7.79. The van der Waals surface area contributed by atoms with Crippen LogP contribution in [0.5, 0.6) is 0 Å². The van der Waals surface area contributed by atoms with E-state index in [1.807, 2.05) is 0 Å². The van der Waals surface area contributed by atoms with Crippen LogP contribution < -0.4 is 5.32 Å². The standard InChI is InChI=1S/C18H29N/c1-14-5-7-15(8-6-14)13-19-17-11-9-16(10-12-17)18(2,3)4/h9-12,14-15,19H,5-8,13H2,1-4H3. The molecule has 1 aliphatic carbocycles. The summed E-state index contributed by atoms with van der Waals surface area (Å²) in [5.41, 5.74) is 2.93. The SMILES string of the molecule is CC1CCC(CNc2ccc(C(C)(C)C)cc2)CC1. The predicted octanol–water partition coefficient (Wildman–Crippen LogP) is 5.22. The van der Waals surface area contributed by atoms with Gasteiger partial charge in [-0.1, -0.05) is 52.7 Å². The van der Waals surface area contributed by atoms with Crippen molar-refractivity contribution in [2.75, 3.05) is 11.9 Å². The Balaban J connectivity index is 1.83. The van der Waals surface area contributed by atoms with Crippen LogP contribution in [-0.2, 0) is 5.41 Å². The number of hydrogen-bond acceptors (Lipinski definition) is 1. The average molecular weight is 259 g/mol. The van der Waals surface area contributed by atoms with Crippen LogP contribution in [0.15, 0.2) is 24.3 Å². The van der Waals surface area contributed by atoms with Gasteiger partial charge in [-0.25, -0.2) is 0 Å². The van der Waals surface area contributed by atoms with Crippen molar-refractivity contribution in [1.82, 2.24) is 0 Å². The summed E-state index contributed by atoms with van der Waals surface area (Å²) in [6.07, 6.45) is 5.62. The second-order valence-corrected chi connectivity index (χ2v) is 7.33. The van der Waals surface area contributed by atoms with Crippen molar-refractivity contribution in [2.24, 2.45) is 11.8 Å². The first kappa shape index (κ1) is 14.4. The molecule has 2 rings (SSSR count). The summed E-state index contributed by atoms with van der Waals surface area (Å²) in [6, 6.07) is 8.97. The Bertz CT molecular complexity index is 377. The molecule has 0 spiro atoms. The van der Waals surface area contributed by atoms with Crippen LogP contribution in [-0.4, -0.2) is 6.54 Å². The smallest absolute Gasteiger partial charge is 0.0340 e. The van der Waals surface area contributed by atoms with Gasteiger partial charge in [0.15, 0.2) is 0 Å². The predicted molar refractivity (Wildman–Crippen MR) is 84.8 cm³/mol. The van der Waals surface area contributed by atoms with Gasteiger partial charge >= 0.3 is 0 Å². The third kappa shape index (κ3) is 4.26. The molecular formula is C18H29N. The second-order valence-electron chi connectivity index (χ2n) is 7.33. The minimum atomic E-state index is 0.248. The molecule has 0 bridgehead atoms. The summed E-state index contributed by atoms with van der Waals surface area (Å²) >= 11 is 0. The Kier molecular flexibility index (Phi) is 4.54. The van der Waals surface area contributed by atoms with Gasteiger partial charge in [-0.2, -0.15) is 0 Å². The van der Waals surface area contributed by atoms with Gasteiger partial charge in [0.05, 0.1) is 0 Å². The lowest BCUT2D eigenvalue weighted by Gasteiger charge is -2.26. The Morgan fingerprint density at radius 3 is 2.11 bits per heavy atom. The van der Waals surface area contributed by atoms with Crippen molar-refractivity contribution in [2.45, 2.75) is 58.8 Å². The van der Waals surface area contributed by atoms with E-state index in [2.05, 4.69) is 57.3 Å². The van der Waals surface area contributed by atoms with E-state index in [0.29, 0.717) is 0 Å². The van der Waals surface area contributed by atoms with Gasteiger partial charge in [0.1, 0.15) is 0 Å². The van der Waals surface area contributed by atoms with E-state index in [-0.39, 0.29) is 5.41 Å². The van der Waals surface area contributed by atoms with Crippen LogP contribution in [0.2, 0.25) is 0 Å². The van der Waals surface area contributed by atoms with E-state index >= 15 is 0 Å². The summed E-state index contributed by atoms with van der Waals surface area (Å²) in [5.74, 6) is 1.82. The molecule has 0 aromatic heterocycles. The van der Waals surface area contributed by atoms with Crippen molar-refractivity contribution < 1.29 is 0 Å². The summed E-state index contributed by atoms with van der Waals surface area (Å²) in [4.78, 5) is 0. The first-order chi connectivity index (χ1) is 8.95. The average Bonchev–Trinajstić information content (AvgIpc) is 2.37. The first-order valence-corrected chi connectivity index (χ1v) is 7.79. The summed E-state index contributed by atoms with van der Waals surface area (Å²) < 4.78 is 0. The lowest BCUT2D eigenvalue weighted by molar-refractivity contribution is 0.300. The zero-order valence-corrected chi connectivity index (χ0v) is 13.0. The molecule has 1 aromatic carbocycles. The van der Waals surface area contributed by atoms with Gasteiger partial charge in [0.2, 0.25) is 0 Å². The van der Waals surface area contributed by atoms with Crippen molar-refractivity contribution in [1.29, 1.82) is 0 Å². The second kappa shape index (κ2) is 5.98. The van der Waals surface area contributed by atoms with E-state index in [1.165, 1.54) is 36.9 Å². The molecule has 106 valence electrons. The molecule has 0 atom stereocenters. The third-order valence-electron chi connectivity index (χ3n) is 4.48. The molecule has 1 aliphatic rings. The Labute approximate surface area is 118 Å². The Morgan fingerprint density at radius 1 is 1.00 bits per heavy atom. The molecular weight excluding hydrogens is 230 g/mol. The lowest BCUT2D eigenvalue weighted by Crippen LogP contribution is -2.20. The van der Waals surface area contributed by atoms with Crippen molar-refractivity contribution in [3.8, 4) is 0 Å². The van der Waals surface area contributed by atoms with Gasteiger partial charge in [-0.15, -0.1) is 0 Å². The minimum Gasteiger partial charge on any atom is -0.385 e. The molecule has 1 N–H and O–H groups in total. The lowest BCUT2D eigenvalue weighted by atomic mass is 9.83. The molecule has 0 amide bonds. The van der Waals surface area contributed by atoms with Crippen molar-refractivity contribution in [3.63, 3.8) is 0 Å². The normalized spacial score (nSPS) is 24.2. The minimum absolute atomic E-state index is 0.248. The highest BCUT2D eigenvalue weighted by molar-refractivity contribution is 5.45.